The Morgan fingerprint density at radius 2 is 1.92 bits per heavy atom. The van der Waals surface area contributed by atoms with Gasteiger partial charge in [0.15, 0.2) is 0 Å². The maximum Gasteiger partial charge on any atom is 0.387 e. The lowest BCUT2D eigenvalue weighted by molar-refractivity contribution is -0.113. The van der Waals surface area contributed by atoms with Gasteiger partial charge in [-0.1, -0.05) is 11.8 Å². The lowest BCUT2D eigenvalue weighted by atomic mass is 10.1. The van der Waals surface area contributed by atoms with Crippen LogP contribution in [0.25, 0.3) is 0 Å². The van der Waals surface area contributed by atoms with Crippen molar-refractivity contribution in [2.45, 2.75) is 32.4 Å². The fraction of sp³-hybridized carbons (Fsp3) is 0.278. The second-order valence-electron chi connectivity index (χ2n) is 5.48. The van der Waals surface area contributed by atoms with Gasteiger partial charge in [-0.3, -0.25) is 4.79 Å². The van der Waals surface area contributed by atoms with Gasteiger partial charge in [0.25, 0.3) is 0 Å². The average Bonchev–Trinajstić information content (AvgIpc) is 2.59. The third-order valence-corrected chi connectivity index (χ3v) is 4.75. The molecule has 2 aromatic rings. The number of halogens is 2. The van der Waals surface area contributed by atoms with Crippen LogP contribution in [-0.2, 0) is 4.79 Å². The molecule has 1 amide bonds. The Kier molecular flexibility index (Phi) is 6.52. The van der Waals surface area contributed by atoms with Crippen LogP contribution in [-0.4, -0.2) is 23.3 Å². The number of benzene rings is 1. The van der Waals surface area contributed by atoms with Crippen LogP contribution in [0.1, 0.15) is 22.4 Å². The minimum atomic E-state index is -2.89. The fourth-order valence-electron chi connectivity index (χ4n) is 2.20. The van der Waals surface area contributed by atoms with E-state index >= 15 is 0 Å². The average molecular weight is 377 g/mol. The van der Waals surface area contributed by atoms with Gasteiger partial charge in [-0.05, 0) is 56.2 Å². The summed E-state index contributed by atoms with van der Waals surface area (Å²) in [6, 6.07) is 7.77. The Hall–Kier alpha value is -2.66. The van der Waals surface area contributed by atoms with Crippen molar-refractivity contribution < 1.29 is 18.3 Å². The van der Waals surface area contributed by atoms with Crippen LogP contribution in [0.4, 0.5) is 14.5 Å². The van der Waals surface area contributed by atoms with E-state index in [1.54, 1.807) is 0 Å². The third kappa shape index (κ3) is 4.92. The van der Waals surface area contributed by atoms with Crippen molar-refractivity contribution in [1.29, 1.82) is 5.26 Å². The molecule has 5 nitrogen and oxygen atoms in total. The molecule has 0 aliphatic carbocycles. The van der Waals surface area contributed by atoms with Crippen LogP contribution >= 0.6 is 11.8 Å². The monoisotopic (exact) mass is 377 g/mol. The van der Waals surface area contributed by atoms with Gasteiger partial charge < -0.3 is 10.1 Å². The standard InChI is InChI=1S/C18H17F2N3O2S/c1-10-11(2)15(8-21)17(22-12(10)3)26-9-16(24)23-13-4-6-14(7-5-13)25-18(19)20/h4-7,18H,9H2,1-3H3,(H,23,24). The number of carbonyl (C=O) groups excluding carboxylic acids is 1. The number of nitrogens with zero attached hydrogens (tertiary/aromatic N) is 2. The summed E-state index contributed by atoms with van der Waals surface area (Å²) < 4.78 is 28.5. The van der Waals surface area contributed by atoms with Crippen molar-refractivity contribution in [3.8, 4) is 11.8 Å². The smallest absolute Gasteiger partial charge is 0.387 e. The van der Waals surface area contributed by atoms with Crippen molar-refractivity contribution in [2.24, 2.45) is 0 Å². The van der Waals surface area contributed by atoms with Gasteiger partial charge in [0.1, 0.15) is 16.8 Å². The molecular formula is C18H17F2N3O2S. The van der Waals surface area contributed by atoms with E-state index in [1.807, 2.05) is 20.8 Å². The van der Waals surface area contributed by atoms with Crippen molar-refractivity contribution >= 4 is 23.4 Å². The molecule has 0 saturated carbocycles. The third-order valence-electron chi connectivity index (χ3n) is 3.78. The van der Waals surface area contributed by atoms with Crippen LogP contribution in [0.2, 0.25) is 0 Å². The van der Waals surface area contributed by atoms with E-state index in [0.717, 1.165) is 16.8 Å². The molecule has 0 aliphatic heterocycles. The van der Waals surface area contributed by atoms with Crippen molar-refractivity contribution in [2.75, 3.05) is 11.1 Å². The van der Waals surface area contributed by atoms with E-state index in [2.05, 4.69) is 21.1 Å². The molecule has 8 heteroatoms. The molecule has 26 heavy (non-hydrogen) atoms. The van der Waals surface area contributed by atoms with Crippen LogP contribution in [0.5, 0.6) is 5.75 Å². The molecule has 1 aromatic heterocycles. The van der Waals surface area contributed by atoms with Gasteiger partial charge in [-0.15, -0.1) is 0 Å². The molecule has 0 bridgehead atoms. The van der Waals surface area contributed by atoms with Gasteiger partial charge in [0.05, 0.1) is 11.3 Å². The Morgan fingerprint density at radius 3 is 2.50 bits per heavy atom. The topological polar surface area (TPSA) is 75.0 Å². The highest BCUT2D eigenvalue weighted by Gasteiger charge is 2.14. The first kappa shape index (κ1) is 19.7. The normalized spacial score (nSPS) is 10.5. The van der Waals surface area contributed by atoms with Crippen molar-refractivity contribution in [3.63, 3.8) is 0 Å². The lowest BCUT2D eigenvalue weighted by Crippen LogP contribution is -2.14. The van der Waals surface area contributed by atoms with E-state index in [-0.39, 0.29) is 17.4 Å². The van der Waals surface area contributed by atoms with Gasteiger partial charge in [-0.25, -0.2) is 4.98 Å². The van der Waals surface area contributed by atoms with E-state index in [0.29, 0.717) is 16.3 Å². The summed E-state index contributed by atoms with van der Waals surface area (Å²) in [4.78, 5) is 16.5. The summed E-state index contributed by atoms with van der Waals surface area (Å²) in [7, 11) is 0. The summed E-state index contributed by atoms with van der Waals surface area (Å²) in [5.41, 5.74) is 3.57. The number of amides is 1. The predicted molar refractivity (Wildman–Crippen MR) is 95.6 cm³/mol. The number of nitrogens with one attached hydrogen (secondary N) is 1. The van der Waals surface area contributed by atoms with Crippen LogP contribution < -0.4 is 10.1 Å². The number of ether oxygens (including phenoxy) is 1. The minimum Gasteiger partial charge on any atom is -0.435 e. The summed E-state index contributed by atoms with van der Waals surface area (Å²) in [5, 5.41) is 12.5. The number of aromatic nitrogens is 1. The molecule has 136 valence electrons. The molecule has 1 N–H and O–H groups in total. The number of hydrogen-bond acceptors (Lipinski definition) is 5. The maximum atomic E-state index is 12.1. The Labute approximate surface area is 154 Å². The summed E-state index contributed by atoms with van der Waals surface area (Å²) in [6.07, 6.45) is 0. The second kappa shape index (κ2) is 8.63. The number of aryl methyl sites for hydroxylation is 1. The highest BCUT2D eigenvalue weighted by molar-refractivity contribution is 8.00. The van der Waals surface area contributed by atoms with Gasteiger partial charge >= 0.3 is 6.61 Å². The number of nitriles is 1. The van der Waals surface area contributed by atoms with E-state index in [1.165, 1.54) is 36.0 Å². The molecule has 1 aromatic carbocycles. The Bertz CT molecular complexity index is 849. The largest absolute Gasteiger partial charge is 0.435 e. The molecule has 0 saturated heterocycles. The predicted octanol–water partition coefficient (Wildman–Crippen LogP) is 4.21. The number of anilines is 1. The Balaban J connectivity index is 2.00. The number of hydrogen-bond donors (Lipinski definition) is 1. The molecule has 0 atom stereocenters. The number of thioether (sulfide) groups is 1. The Morgan fingerprint density at radius 1 is 1.27 bits per heavy atom. The first-order chi connectivity index (χ1) is 12.3. The highest BCUT2D eigenvalue weighted by Crippen LogP contribution is 2.26. The molecule has 0 fully saturated rings. The second-order valence-corrected chi connectivity index (χ2v) is 6.44. The first-order valence-electron chi connectivity index (χ1n) is 7.67. The molecule has 0 aliphatic rings. The molecular weight excluding hydrogens is 360 g/mol. The van der Waals surface area contributed by atoms with Gasteiger partial charge in [0.2, 0.25) is 5.91 Å². The number of alkyl halides is 2. The summed E-state index contributed by atoms with van der Waals surface area (Å²) >= 11 is 1.18. The van der Waals surface area contributed by atoms with E-state index < -0.39 is 6.61 Å². The van der Waals surface area contributed by atoms with Crippen LogP contribution in [0, 0.1) is 32.1 Å². The van der Waals surface area contributed by atoms with Crippen LogP contribution in [0.3, 0.4) is 0 Å². The van der Waals surface area contributed by atoms with E-state index in [4.69, 9.17) is 0 Å². The number of carbonyl (C=O) groups is 1. The summed E-state index contributed by atoms with van der Waals surface area (Å²) in [6.45, 7) is 2.73. The lowest BCUT2D eigenvalue weighted by Gasteiger charge is -2.11. The zero-order valence-electron chi connectivity index (χ0n) is 14.5. The highest BCUT2D eigenvalue weighted by atomic mass is 32.2. The fourth-order valence-corrected chi connectivity index (χ4v) is 3.08. The first-order valence-corrected chi connectivity index (χ1v) is 8.65. The zero-order chi connectivity index (χ0) is 19.3. The SMILES string of the molecule is Cc1nc(SCC(=O)Nc2ccc(OC(F)F)cc2)c(C#N)c(C)c1C. The maximum absolute atomic E-state index is 12.1. The molecule has 2 rings (SSSR count). The minimum absolute atomic E-state index is 0.0147. The molecule has 1 heterocycles. The van der Waals surface area contributed by atoms with Crippen molar-refractivity contribution in [1.82, 2.24) is 4.98 Å². The molecule has 0 unspecified atom stereocenters. The summed E-state index contributed by atoms with van der Waals surface area (Å²) in [5.74, 6) is -0.209. The molecule has 0 spiro atoms. The quantitative estimate of drug-likeness (QED) is 0.763. The number of rotatable bonds is 6. The number of pyridine rings is 1. The van der Waals surface area contributed by atoms with Crippen LogP contribution in [0.15, 0.2) is 29.3 Å². The van der Waals surface area contributed by atoms with Gasteiger partial charge in [-0.2, -0.15) is 14.0 Å². The van der Waals surface area contributed by atoms with E-state index in [9.17, 15) is 18.8 Å². The van der Waals surface area contributed by atoms with Crippen molar-refractivity contribution in [3.05, 3.63) is 46.6 Å². The van der Waals surface area contributed by atoms with Gasteiger partial charge in [0, 0.05) is 11.4 Å². The zero-order valence-corrected chi connectivity index (χ0v) is 15.3. The molecule has 0 radical (unpaired) electrons.